The van der Waals surface area contributed by atoms with Crippen LogP contribution in [0.15, 0.2) is 0 Å². The molecule has 0 amide bonds. The van der Waals surface area contributed by atoms with Gasteiger partial charge in [0.25, 0.3) is 0 Å². The molecule has 4 nitrogen and oxygen atoms in total. The van der Waals surface area contributed by atoms with Crippen LogP contribution in [0.4, 0.5) is 17.7 Å². The van der Waals surface area contributed by atoms with Gasteiger partial charge in [-0.2, -0.15) is 4.52 Å². The summed E-state index contributed by atoms with van der Waals surface area (Å²) in [7, 11) is -5.59. The minimum atomic E-state index is -5.59. The Hall–Kier alpha value is -0.170. The number of hydrogen-bond donors (Lipinski definition) is 1. The highest BCUT2D eigenvalue weighted by Gasteiger charge is 2.41. The van der Waals surface area contributed by atoms with E-state index < -0.39 is 14.2 Å². The summed E-state index contributed by atoms with van der Waals surface area (Å²) in [6.45, 7) is 0. The molecule has 0 radical (unpaired) electrons. The van der Waals surface area contributed by atoms with Gasteiger partial charge in [0.2, 0.25) is 0 Å². The maximum atomic E-state index is 10.9. The third-order valence-electron chi connectivity index (χ3n) is 0.306. The van der Waals surface area contributed by atoms with Crippen LogP contribution in [0.25, 0.3) is 0 Å². The average molecular weight is 184 g/mol. The summed E-state index contributed by atoms with van der Waals surface area (Å²) in [5.74, 6) is 0. The Labute approximate surface area is 51.9 Å². The second-order valence-electron chi connectivity index (χ2n) is 1.07. The first-order chi connectivity index (χ1) is 4.27. The van der Waals surface area contributed by atoms with E-state index in [1.165, 1.54) is 0 Å². The smallest absolute Gasteiger partial charge is 0.301 e. The zero-order valence-electron chi connectivity index (χ0n) is 4.13. The van der Waals surface area contributed by atoms with E-state index in [1.807, 2.05) is 4.73 Å². The van der Waals surface area contributed by atoms with Crippen molar-refractivity contribution < 1.29 is 36.4 Å². The maximum absolute atomic E-state index is 10.9. The summed E-state index contributed by atoms with van der Waals surface area (Å²) >= 11 is 0. The Balaban J connectivity index is 4.03. The van der Waals surface area contributed by atoms with Crippen LogP contribution in [0.5, 0.6) is 0 Å². The van der Waals surface area contributed by atoms with Crippen molar-refractivity contribution in [3.8, 4) is 0 Å². The van der Waals surface area contributed by atoms with Crippen LogP contribution in [0.2, 0.25) is 0 Å². The fraction of sp³-hybridized carbons (Fsp3) is 1.00. The molecular weight excluding hydrogens is 183 g/mol. The molecule has 0 rings (SSSR count). The van der Waals surface area contributed by atoms with Gasteiger partial charge in [-0.25, -0.2) is 4.57 Å². The van der Waals surface area contributed by atoms with Crippen molar-refractivity contribution >= 4 is 7.82 Å². The quantitative estimate of drug-likeness (QED) is 0.522. The first-order valence-corrected chi connectivity index (χ1v) is 3.17. The molecule has 0 aromatic rings. The predicted molar refractivity (Wildman–Crippen MR) is 19.2 cm³/mol. The van der Waals surface area contributed by atoms with E-state index in [0.717, 1.165) is 0 Å². The lowest BCUT2D eigenvalue weighted by atomic mass is 11.4. The zero-order valence-corrected chi connectivity index (χ0v) is 5.03. The van der Waals surface area contributed by atoms with Crippen LogP contribution in [-0.4, -0.2) is 11.3 Å². The fourth-order valence-corrected chi connectivity index (χ4v) is 0.435. The van der Waals surface area contributed by atoms with Crippen molar-refractivity contribution in [2.75, 3.05) is 0 Å². The molecule has 1 atom stereocenters. The zero-order chi connectivity index (χ0) is 8.41. The average Bonchev–Trinajstić information content (AvgIpc) is 1.60. The molecule has 0 aromatic heterocycles. The van der Waals surface area contributed by atoms with E-state index in [0.29, 0.717) is 0 Å². The number of phosphoric ester groups is 1. The summed E-state index contributed by atoms with van der Waals surface area (Å²) in [6.07, 6.45) is -5.39. The highest BCUT2D eigenvalue weighted by molar-refractivity contribution is 7.47. The first-order valence-electron chi connectivity index (χ1n) is 1.67. The molecule has 0 aliphatic rings. The summed E-state index contributed by atoms with van der Waals surface area (Å²) < 4.78 is 57.4. The number of halogens is 4. The molecule has 0 bridgehead atoms. The second kappa shape index (κ2) is 2.83. The van der Waals surface area contributed by atoms with Crippen LogP contribution in [0.1, 0.15) is 0 Å². The Bertz CT molecular complexity index is 152. The van der Waals surface area contributed by atoms with E-state index in [2.05, 4.69) is 4.52 Å². The molecule has 1 N–H and O–H groups in total. The van der Waals surface area contributed by atoms with Crippen LogP contribution in [0, 0.1) is 0 Å². The molecule has 0 fully saturated rings. The number of alkyl halides is 3. The van der Waals surface area contributed by atoms with Gasteiger partial charge in [0.15, 0.2) is 0 Å². The van der Waals surface area contributed by atoms with Gasteiger partial charge in [0.1, 0.15) is 0 Å². The lowest BCUT2D eigenvalue weighted by molar-refractivity contribution is -0.288. The molecule has 0 saturated heterocycles. The molecule has 0 aliphatic carbocycles. The lowest BCUT2D eigenvalue weighted by Gasteiger charge is -2.07. The second-order valence-corrected chi connectivity index (χ2v) is 2.33. The summed E-state index contributed by atoms with van der Waals surface area (Å²) in [5.41, 5.74) is 0. The highest BCUT2D eigenvalue weighted by atomic mass is 31.2. The molecule has 0 aromatic carbocycles. The highest BCUT2D eigenvalue weighted by Crippen LogP contribution is 2.48. The van der Waals surface area contributed by atoms with Crippen LogP contribution in [0.3, 0.4) is 0 Å². The van der Waals surface area contributed by atoms with Gasteiger partial charge in [0, 0.05) is 0 Å². The van der Waals surface area contributed by atoms with Crippen molar-refractivity contribution in [2.24, 2.45) is 0 Å². The molecule has 0 spiro atoms. The summed E-state index contributed by atoms with van der Waals surface area (Å²) in [6, 6.07) is 0. The summed E-state index contributed by atoms with van der Waals surface area (Å²) in [5, 5.41) is 0. The monoisotopic (exact) mass is 184 g/mol. The summed E-state index contributed by atoms with van der Waals surface area (Å²) in [4.78, 5) is 7.67. The molecule has 10 heavy (non-hydrogen) atoms. The van der Waals surface area contributed by atoms with Gasteiger partial charge < -0.3 is 4.89 Å². The van der Waals surface area contributed by atoms with E-state index >= 15 is 0 Å². The Kier molecular flexibility index (Phi) is 2.78. The molecule has 62 valence electrons. The predicted octanol–water partition coefficient (Wildman–Crippen LogP) is 1.52. The number of phosphoric acid groups is 1. The maximum Gasteiger partial charge on any atom is 0.531 e. The van der Waals surface area contributed by atoms with E-state index in [4.69, 9.17) is 4.89 Å². The van der Waals surface area contributed by atoms with Crippen LogP contribution < -0.4 is 0 Å². The Morgan fingerprint density at radius 3 is 1.90 bits per heavy atom. The van der Waals surface area contributed by atoms with Crippen molar-refractivity contribution in [2.45, 2.75) is 6.36 Å². The number of hydrogen-bond acceptors (Lipinski definition) is 3. The molecular formula is CHF4O4P. The molecule has 1 unspecified atom stereocenters. The molecule has 9 heteroatoms. The van der Waals surface area contributed by atoms with E-state index in [-0.39, 0.29) is 0 Å². The SMILES string of the molecule is O=P(O)(OF)OC(F)(F)F. The van der Waals surface area contributed by atoms with E-state index in [1.54, 1.807) is 0 Å². The molecule has 0 heterocycles. The van der Waals surface area contributed by atoms with Crippen molar-refractivity contribution in [3.63, 3.8) is 0 Å². The van der Waals surface area contributed by atoms with Gasteiger partial charge in [-0.05, 0) is 4.53 Å². The first kappa shape index (κ1) is 9.83. The Morgan fingerprint density at radius 1 is 1.40 bits per heavy atom. The van der Waals surface area contributed by atoms with Gasteiger partial charge in [-0.1, -0.05) is 4.73 Å². The van der Waals surface area contributed by atoms with Gasteiger partial charge in [0.05, 0.1) is 0 Å². The normalized spacial score (nSPS) is 18.5. The largest absolute Gasteiger partial charge is 0.531 e. The van der Waals surface area contributed by atoms with Crippen molar-refractivity contribution in [3.05, 3.63) is 0 Å². The van der Waals surface area contributed by atoms with Gasteiger partial charge in [-0.3, -0.25) is 0 Å². The molecule has 0 aliphatic heterocycles. The number of rotatable bonds is 2. The van der Waals surface area contributed by atoms with Crippen molar-refractivity contribution in [1.82, 2.24) is 0 Å². The minimum absolute atomic E-state index is 1.98. The minimum Gasteiger partial charge on any atom is -0.301 e. The van der Waals surface area contributed by atoms with Crippen molar-refractivity contribution in [1.29, 1.82) is 0 Å². The third-order valence-corrected chi connectivity index (χ3v) is 0.918. The van der Waals surface area contributed by atoms with Gasteiger partial charge in [-0.15, -0.1) is 13.2 Å². The Morgan fingerprint density at radius 2 is 1.80 bits per heavy atom. The fourth-order valence-electron chi connectivity index (χ4n) is 0.145. The van der Waals surface area contributed by atoms with Gasteiger partial charge >= 0.3 is 14.2 Å². The van der Waals surface area contributed by atoms with E-state index in [9.17, 15) is 22.3 Å². The lowest BCUT2D eigenvalue weighted by Crippen LogP contribution is -2.11. The van der Waals surface area contributed by atoms with Crippen LogP contribution in [-0.2, 0) is 13.8 Å². The molecule has 0 saturated carbocycles. The topological polar surface area (TPSA) is 55.8 Å². The van der Waals surface area contributed by atoms with Crippen LogP contribution >= 0.6 is 7.82 Å². The standard InChI is InChI=1S/CHF4O4P/c2-1(3,4)8-10(6,7)9-5/h(H,6,7). The third kappa shape index (κ3) is 4.68.